The monoisotopic (exact) mass is 502 g/mol. The van der Waals surface area contributed by atoms with Gasteiger partial charge in [0.15, 0.2) is 0 Å². The highest BCUT2D eigenvalue weighted by atomic mass is 16.7. The van der Waals surface area contributed by atoms with Gasteiger partial charge < -0.3 is 24.6 Å². The Morgan fingerprint density at radius 3 is 2.44 bits per heavy atom. The Morgan fingerprint density at radius 1 is 1.14 bits per heavy atom. The minimum atomic E-state index is -0.891. The van der Waals surface area contributed by atoms with Gasteiger partial charge in [0.1, 0.15) is 5.69 Å². The Kier molecular flexibility index (Phi) is 8.86. The second-order valence-corrected chi connectivity index (χ2v) is 10.5. The molecule has 0 saturated carbocycles. The minimum Gasteiger partial charge on any atom is -0.434 e. The van der Waals surface area contributed by atoms with Crippen LogP contribution in [0.5, 0.6) is 0 Å². The molecule has 2 heterocycles. The van der Waals surface area contributed by atoms with Gasteiger partial charge in [-0.2, -0.15) is 0 Å². The maximum Gasteiger partial charge on any atom is 0.305 e. The van der Waals surface area contributed by atoms with Crippen molar-refractivity contribution in [2.75, 3.05) is 0 Å². The van der Waals surface area contributed by atoms with Crippen LogP contribution < -0.4 is 5.32 Å². The van der Waals surface area contributed by atoms with E-state index in [9.17, 15) is 14.7 Å². The molecule has 0 radical (unpaired) electrons. The van der Waals surface area contributed by atoms with Crippen LogP contribution in [0.25, 0.3) is 11.3 Å². The number of rotatable bonds is 8. The number of carbonyl (C=O) groups excluding carboxylic acids is 2. The minimum absolute atomic E-state index is 0.00778. The molecule has 1 aromatic carbocycles. The Hall–Kier alpha value is -2.82. The average molecular weight is 503 g/mol. The molecule has 198 valence electrons. The number of carbonyl (C=O) groups is 2. The van der Waals surface area contributed by atoms with E-state index in [2.05, 4.69) is 15.6 Å². The normalized spacial score (nSPS) is 24.4. The lowest BCUT2D eigenvalue weighted by molar-refractivity contribution is -0.233. The van der Waals surface area contributed by atoms with Crippen molar-refractivity contribution in [3.05, 3.63) is 35.5 Å². The first-order valence-electron chi connectivity index (χ1n) is 12.2. The third-order valence-electron chi connectivity index (χ3n) is 6.34. The number of amides is 1. The Bertz CT molecular complexity index is 1060. The summed E-state index contributed by atoms with van der Waals surface area (Å²) in [6.45, 7) is 13.5. The summed E-state index contributed by atoms with van der Waals surface area (Å²) in [7, 11) is 0. The lowest BCUT2D eigenvalue weighted by atomic mass is 9.82. The van der Waals surface area contributed by atoms with Crippen LogP contribution in [0.15, 0.2) is 24.4 Å². The number of esters is 1. The van der Waals surface area contributed by atoms with Gasteiger partial charge in [-0.15, -0.1) is 5.10 Å². The van der Waals surface area contributed by atoms with Crippen LogP contribution in [0.2, 0.25) is 0 Å². The molecule has 0 bridgehead atoms. The largest absolute Gasteiger partial charge is 0.434 e. The van der Waals surface area contributed by atoms with Crippen LogP contribution in [0, 0.1) is 11.8 Å². The fraction of sp³-hybridized carbons (Fsp3) is 0.615. The number of nitrogens with one attached hydrogen (secondary N) is 1. The summed E-state index contributed by atoms with van der Waals surface area (Å²) in [5, 5.41) is 21.2. The van der Waals surface area contributed by atoms with Crippen LogP contribution in [-0.4, -0.2) is 56.0 Å². The molecule has 1 saturated heterocycles. The van der Waals surface area contributed by atoms with E-state index < -0.39 is 18.3 Å². The predicted octanol–water partition coefficient (Wildman–Crippen LogP) is 2.82. The molecular formula is C26H38N4O6. The Balaban J connectivity index is 1.78. The number of hydrogen-bond donors (Lipinski definition) is 2. The van der Waals surface area contributed by atoms with Gasteiger partial charge in [0.05, 0.1) is 43.7 Å². The highest BCUT2D eigenvalue weighted by Crippen LogP contribution is 2.32. The summed E-state index contributed by atoms with van der Waals surface area (Å²) in [5.41, 5.74) is 2.91. The number of nitrogens with zero attached hydrogens (tertiary/aromatic N) is 3. The first-order chi connectivity index (χ1) is 16.9. The summed E-state index contributed by atoms with van der Waals surface area (Å²) in [6, 6.07) is 5.33. The number of aliphatic hydroxyl groups excluding tert-OH is 1. The highest BCUT2D eigenvalue weighted by molar-refractivity contribution is 5.73. The molecular weight excluding hydrogens is 464 g/mol. The van der Waals surface area contributed by atoms with Gasteiger partial charge in [-0.1, -0.05) is 25.1 Å². The van der Waals surface area contributed by atoms with Crippen molar-refractivity contribution in [1.82, 2.24) is 20.3 Å². The second kappa shape index (κ2) is 11.5. The molecule has 10 heteroatoms. The summed E-state index contributed by atoms with van der Waals surface area (Å²) >= 11 is 0. The summed E-state index contributed by atoms with van der Waals surface area (Å²) in [4.78, 5) is 23.4. The highest BCUT2D eigenvalue weighted by Gasteiger charge is 2.43. The van der Waals surface area contributed by atoms with Crippen molar-refractivity contribution in [1.29, 1.82) is 0 Å². The molecule has 36 heavy (non-hydrogen) atoms. The first kappa shape index (κ1) is 27.8. The molecule has 1 fully saturated rings. The Labute approximate surface area is 212 Å². The van der Waals surface area contributed by atoms with E-state index >= 15 is 0 Å². The molecule has 1 aliphatic rings. The molecule has 3 rings (SSSR count). The van der Waals surface area contributed by atoms with Crippen molar-refractivity contribution >= 4 is 11.9 Å². The van der Waals surface area contributed by atoms with E-state index in [1.807, 2.05) is 59.0 Å². The van der Waals surface area contributed by atoms with Crippen LogP contribution in [0.3, 0.4) is 0 Å². The van der Waals surface area contributed by atoms with Crippen LogP contribution in [0.1, 0.15) is 59.6 Å². The number of aromatic nitrogens is 3. The van der Waals surface area contributed by atoms with Gasteiger partial charge >= 0.3 is 5.97 Å². The first-order valence-corrected chi connectivity index (χ1v) is 12.2. The molecule has 2 N–H and O–H groups in total. The lowest BCUT2D eigenvalue weighted by Gasteiger charge is -2.44. The summed E-state index contributed by atoms with van der Waals surface area (Å²) in [6.07, 6.45) is 0.618. The fourth-order valence-electron chi connectivity index (χ4n) is 4.29. The number of benzene rings is 1. The molecule has 1 aliphatic heterocycles. The van der Waals surface area contributed by atoms with Crippen molar-refractivity contribution in [2.24, 2.45) is 11.8 Å². The zero-order valence-corrected chi connectivity index (χ0v) is 22.1. The molecule has 1 aromatic heterocycles. The van der Waals surface area contributed by atoms with Crippen LogP contribution >= 0.6 is 0 Å². The summed E-state index contributed by atoms with van der Waals surface area (Å²) in [5.74, 6) is -0.655. The number of aliphatic hydroxyl groups is 1. The van der Waals surface area contributed by atoms with Crippen molar-refractivity contribution in [3.63, 3.8) is 0 Å². The summed E-state index contributed by atoms with van der Waals surface area (Å²) < 4.78 is 19.1. The third kappa shape index (κ3) is 7.35. The van der Waals surface area contributed by atoms with E-state index in [0.29, 0.717) is 18.8 Å². The topological polar surface area (TPSA) is 125 Å². The van der Waals surface area contributed by atoms with E-state index in [1.165, 1.54) is 13.8 Å². The lowest BCUT2D eigenvalue weighted by Crippen LogP contribution is -2.58. The Morgan fingerprint density at radius 2 is 1.83 bits per heavy atom. The number of ether oxygens (including phenoxy) is 3. The molecule has 1 amide bonds. The van der Waals surface area contributed by atoms with Gasteiger partial charge in [0, 0.05) is 19.4 Å². The van der Waals surface area contributed by atoms with Gasteiger partial charge in [-0.25, -0.2) is 4.68 Å². The quantitative estimate of drug-likeness (QED) is 0.528. The SMILES string of the molecule is CC(=O)NC1[C@H](OC(C)=O)OC(Cn2cc(-c3cc(CO)cc(COC(C)(C)C)c3)nn2)[C@@H](C)[C@@H]1C. The molecule has 2 aromatic rings. The van der Waals surface area contributed by atoms with E-state index in [4.69, 9.17) is 14.2 Å². The fourth-order valence-corrected chi connectivity index (χ4v) is 4.29. The predicted molar refractivity (Wildman–Crippen MR) is 132 cm³/mol. The second-order valence-electron chi connectivity index (χ2n) is 10.5. The zero-order valence-electron chi connectivity index (χ0n) is 22.1. The van der Waals surface area contributed by atoms with Crippen molar-refractivity contribution < 1.29 is 28.9 Å². The molecule has 0 aliphatic carbocycles. The third-order valence-corrected chi connectivity index (χ3v) is 6.34. The van der Waals surface area contributed by atoms with Gasteiger partial charge in [-0.05, 0) is 55.9 Å². The molecule has 2 unspecified atom stereocenters. The van der Waals surface area contributed by atoms with E-state index in [-0.39, 0.29) is 36.1 Å². The van der Waals surface area contributed by atoms with E-state index in [0.717, 1.165) is 16.7 Å². The average Bonchev–Trinajstić information content (AvgIpc) is 3.26. The van der Waals surface area contributed by atoms with Crippen LogP contribution in [-0.2, 0) is 43.6 Å². The van der Waals surface area contributed by atoms with Gasteiger partial charge in [0.25, 0.3) is 0 Å². The zero-order chi connectivity index (χ0) is 26.6. The van der Waals surface area contributed by atoms with Crippen molar-refractivity contribution in [2.45, 2.75) is 92.3 Å². The molecule has 10 nitrogen and oxygen atoms in total. The molecule has 5 atom stereocenters. The van der Waals surface area contributed by atoms with Gasteiger partial charge in [-0.3, -0.25) is 9.59 Å². The smallest absolute Gasteiger partial charge is 0.305 e. The van der Waals surface area contributed by atoms with Crippen molar-refractivity contribution in [3.8, 4) is 11.3 Å². The molecule has 0 spiro atoms. The van der Waals surface area contributed by atoms with Crippen LogP contribution in [0.4, 0.5) is 0 Å². The van der Waals surface area contributed by atoms with Gasteiger partial charge in [0.2, 0.25) is 12.2 Å². The maximum atomic E-state index is 11.7. The number of hydrogen-bond acceptors (Lipinski definition) is 8. The standard InChI is InChI=1S/C26H38N4O6/c1-15-16(2)24(27-17(3)32)25(35-18(4)33)36-23(15)12-30-11-22(28-29-30)21-9-19(13-31)8-20(10-21)14-34-26(5,6)7/h8-11,15-16,23-25,31H,12-14H2,1-7H3,(H,27,32)/t15-,16-,23?,24?,25+/m0/s1. The van der Waals surface area contributed by atoms with E-state index in [1.54, 1.807) is 4.68 Å². The maximum absolute atomic E-state index is 11.7.